The zero-order valence-electron chi connectivity index (χ0n) is 14.8. The van der Waals surface area contributed by atoms with Gasteiger partial charge in [-0.25, -0.2) is 0 Å². The van der Waals surface area contributed by atoms with Crippen molar-refractivity contribution in [1.29, 1.82) is 0 Å². The van der Waals surface area contributed by atoms with Crippen molar-refractivity contribution in [3.8, 4) is 5.75 Å². The highest BCUT2D eigenvalue weighted by Crippen LogP contribution is 2.20. The van der Waals surface area contributed by atoms with E-state index < -0.39 is 0 Å². The molecule has 1 aliphatic rings. The van der Waals surface area contributed by atoms with Gasteiger partial charge in [0.1, 0.15) is 12.4 Å². The summed E-state index contributed by atoms with van der Waals surface area (Å²) in [6.07, 6.45) is 8.53. The van der Waals surface area contributed by atoms with Crippen molar-refractivity contribution < 1.29 is 4.74 Å². The van der Waals surface area contributed by atoms with Crippen LogP contribution in [-0.2, 0) is 6.61 Å². The Labute approximate surface area is 145 Å². The molecule has 126 valence electrons. The standard InChI is InChI=1S/C22H27NO/c1-17-8-9-20(14-18(17)2)16-24-22-12-10-19(11-13-22)15-23-21-6-4-3-5-7-21/h8-15,21H,3-7,16H2,1-2H3. The van der Waals surface area contributed by atoms with Crippen LogP contribution in [0.1, 0.15) is 54.4 Å². The predicted octanol–water partition coefficient (Wildman–Crippen LogP) is 5.63. The molecular weight excluding hydrogens is 294 g/mol. The van der Waals surface area contributed by atoms with E-state index in [4.69, 9.17) is 9.73 Å². The minimum absolute atomic E-state index is 0.527. The van der Waals surface area contributed by atoms with Gasteiger partial charge in [-0.15, -0.1) is 0 Å². The number of nitrogens with zero attached hydrogens (tertiary/aromatic N) is 1. The Morgan fingerprint density at radius 1 is 0.958 bits per heavy atom. The molecule has 0 atom stereocenters. The lowest BCUT2D eigenvalue weighted by Crippen LogP contribution is -2.09. The van der Waals surface area contributed by atoms with Gasteiger partial charge in [-0.3, -0.25) is 4.99 Å². The zero-order valence-corrected chi connectivity index (χ0v) is 14.8. The predicted molar refractivity (Wildman–Crippen MR) is 101 cm³/mol. The van der Waals surface area contributed by atoms with Gasteiger partial charge in [0.2, 0.25) is 0 Å². The molecule has 0 saturated heterocycles. The van der Waals surface area contributed by atoms with Gasteiger partial charge in [0, 0.05) is 12.3 Å². The second-order valence-electron chi connectivity index (χ2n) is 6.85. The molecule has 2 aromatic carbocycles. The highest BCUT2D eigenvalue weighted by molar-refractivity contribution is 5.79. The van der Waals surface area contributed by atoms with E-state index in [9.17, 15) is 0 Å². The summed E-state index contributed by atoms with van der Waals surface area (Å²) in [5.74, 6) is 0.906. The zero-order chi connectivity index (χ0) is 16.8. The Bertz CT molecular complexity index is 682. The third-order valence-electron chi connectivity index (χ3n) is 4.87. The molecule has 0 radical (unpaired) electrons. The number of aryl methyl sites for hydroxylation is 2. The molecule has 0 unspecified atom stereocenters. The van der Waals surface area contributed by atoms with Crippen LogP contribution in [0.25, 0.3) is 0 Å². The van der Waals surface area contributed by atoms with E-state index in [1.165, 1.54) is 48.8 Å². The first-order chi connectivity index (χ1) is 11.7. The first-order valence-electron chi connectivity index (χ1n) is 9.03. The van der Waals surface area contributed by atoms with E-state index in [1.54, 1.807) is 0 Å². The molecule has 2 aromatic rings. The highest BCUT2D eigenvalue weighted by atomic mass is 16.5. The molecule has 1 saturated carbocycles. The van der Waals surface area contributed by atoms with Crippen LogP contribution in [0.5, 0.6) is 5.75 Å². The average Bonchev–Trinajstić information content (AvgIpc) is 2.63. The van der Waals surface area contributed by atoms with Crippen LogP contribution < -0.4 is 4.74 Å². The molecule has 0 amide bonds. The van der Waals surface area contributed by atoms with Crippen molar-refractivity contribution in [2.45, 2.75) is 58.6 Å². The molecule has 0 heterocycles. The monoisotopic (exact) mass is 321 g/mol. The minimum Gasteiger partial charge on any atom is -0.489 e. The third kappa shape index (κ3) is 4.70. The number of hydrogen-bond donors (Lipinski definition) is 0. The van der Waals surface area contributed by atoms with E-state index in [2.05, 4.69) is 44.2 Å². The largest absolute Gasteiger partial charge is 0.489 e. The normalized spacial score (nSPS) is 15.8. The molecular formula is C22H27NO. The second-order valence-corrected chi connectivity index (χ2v) is 6.85. The Balaban J connectivity index is 1.54. The van der Waals surface area contributed by atoms with Gasteiger partial charge in [-0.05, 0) is 73.2 Å². The van der Waals surface area contributed by atoms with Crippen LogP contribution in [0.2, 0.25) is 0 Å². The van der Waals surface area contributed by atoms with Gasteiger partial charge in [-0.1, -0.05) is 37.5 Å². The summed E-state index contributed by atoms with van der Waals surface area (Å²) < 4.78 is 5.89. The minimum atomic E-state index is 0.527. The topological polar surface area (TPSA) is 21.6 Å². The first kappa shape index (κ1) is 16.8. The maximum atomic E-state index is 5.89. The Morgan fingerprint density at radius 3 is 2.42 bits per heavy atom. The molecule has 0 N–H and O–H groups in total. The highest BCUT2D eigenvalue weighted by Gasteiger charge is 2.10. The summed E-state index contributed by atoms with van der Waals surface area (Å²) in [6.45, 7) is 4.88. The number of rotatable bonds is 5. The van der Waals surface area contributed by atoms with Gasteiger partial charge < -0.3 is 4.74 Å². The van der Waals surface area contributed by atoms with Crippen LogP contribution in [0.4, 0.5) is 0 Å². The molecule has 3 rings (SSSR count). The summed E-state index contributed by atoms with van der Waals surface area (Å²) in [7, 11) is 0. The Morgan fingerprint density at radius 2 is 1.71 bits per heavy atom. The van der Waals surface area contributed by atoms with Gasteiger partial charge >= 0.3 is 0 Å². The molecule has 0 aromatic heterocycles. The van der Waals surface area contributed by atoms with Crippen LogP contribution in [0.3, 0.4) is 0 Å². The SMILES string of the molecule is Cc1ccc(COc2ccc(C=NC3CCCCC3)cc2)cc1C. The quantitative estimate of drug-likeness (QED) is 0.654. The van der Waals surface area contributed by atoms with E-state index in [0.717, 1.165) is 11.3 Å². The summed E-state index contributed by atoms with van der Waals surface area (Å²) in [5, 5.41) is 0. The summed E-state index contributed by atoms with van der Waals surface area (Å²) in [4.78, 5) is 4.73. The fourth-order valence-corrected chi connectivity index (χ4v) is 3.13. The molecule has 0 bridgehead atoms. The van der Waals surface area contributed by atoms with Crippen molar-refractivity contribution in [1.82, 2.24) is 0 Å². The second kappa shape index (κ2) is 8.14. The maximum Gasteiger partial charge on any atom is 0.119 e. The Kier molecular flexibility index (Phi) is 5.68. The molecule has 1 aliphatic carbocycles. The molecule has 0 aliphatic heterocycles. The van der Waals surface area contributed by atoms with Crippen molar-refractivity contribution in [2.24, 2.45) is 4.99 Å². The summed E-state index contributed by atoms with van der Waals surface area (Å²) in [5.41, 5.74) is 4.99. The maximum absolute atomic E-state index is 5.89. The smallest absolute Gasteiger partial charge is 0.119 e. The van der Waals surface area contributed by atoms with Crippen LogP contribution >= 0.6 is 0 Å². The number of benzene rings is 2. The fraction of sp³-hybridized carbons (Fsp3) is 0.409. The van der Waals surface area contributed by atoms with Crippen molar-refractivity contribution in [3.63, 3.8) is 0 Å². The summed E-state index contributed by atoms with van der Waals surface area (Å²) in [6, 6.07) is 15.2. The van der Waals surface area contributed by atoms with Gasteiger partial charge in [0.15, 0.2) is 0 Å². The molecule has 0 spiro atoms. The van der Waals surface area contributed by atoms with E-state index in [1.807, 2.05) is 18.3 Å². The van der Waals surface area contributed by atoms with Gasteiger partial charge in [-0.2, -0.15) is 0 Å². The third-order valence-corrected chi connectivity index (χ3v) is 4.87. The number of aliphatic imine (C=N–C) groups is 1. The van der Waals surface area contributed by atoms with E-state index >= 15 is 0 Å². The van der Waals surface area contributed by atoms with Crippen LogP contribution in [-0.4, -0.2) is 12.3 Å². The van der Waals surface area contributed by atoms with E-state index in [0.29, 0.717) is 12.6 Å². The van der Waals surface area contributed by atoms with Gasteiger partial charge in [0.05, 0.1) is 0 Å². The van der Waals surface area contributed by atoms with E-state index in [-0.39, 0.29) is 0 Å². The molecule has 1 fully saturated rings. The van der Waals surface area contributed by atoms with Crippen molar-refractivity contribution in [3.05, 3.63) is 64.7 Å². The van der Waals surface area contributed by atoms with Crippen LogP contribution in [0.15, 0.2) is 47.5 Å². The number of hydrogen-bond acceptors (Lipinski definition) is 2. The van der Waals surface area contributed by atoms with Gasteiger partial charge in [0.25, 0.3) is 0 Å². The number of ether oxygens (including phenoxy) is 1. The Hall–Kier alpha value is -2.09. The molecule has 2 nitrogen and oxygen atoms in total. The lowest BCUT2D eigenvalue weighted by atomic mass is 9.96. The first-order valence-corrected chi connectivity index (χ1v) is 9.03. The average molecular weight is 321 g/mol. The molecule has 2 heteroatoms. The van der Waals surface area contributed by atoms with Crippen molar-refractivity contribution >= 4 is 6.21 Å². The lowest BCUT2D eigenvalue weighted by molar-refractivity contribution is 0.306. The van der Waals surface area contributed by atoms with Crippen LogP contribution in [0, 0.1) is 13.8 Å². The molecule has 24 heavy (non-hydrogen) atoms. The lowest BCUT2D eigenvalue weighted by Gasteiger charge is -2.17. The summed E-state index contributed by atoms with van der Waals surface area (Å²) >= 11 is 0. The fourth-order valence-electron chi connectivity index (χ4n) is 3.13. The van der Waals surface area contributed by atoms with Crippen molar-refractivity contribution in [2.75, 3.05) is 0 Å².